The van der Waals surface area contributed by atoms with Crippen LogP contribution in [0.4, 0.5) is 4.39 Å². The maximum atomic E-state index is 13.1. The quantitative estimate of drug-likeness (QED) is 0.721. The minimum absolute atomic E-state index is 0.290. The van der Waals surface area contributed by atoms with Crippen molar-refractivity contribution < 1.29 is 9.18 Å². The molecule has 0 N–H and O–H groups in total. The van der Waals surface area contributed by atoms with E-state index in [2.05, 4.69) is 4.98 Å². The minimum Gasteiger partial charge on any atom is -0.298 e. The van der Waals surface area contributed by atoms with Gasteiger partial charge in [0.25, 0.3) is 0 Å². The number of carbonyl (C=O) groups is 1. The molecule has 0 aliphatic carbocycles. The van der Waals surface area contributed by atoms with Gasteiger partial charge in [-0.05, 0) is 36.8 Å². The molecular formula is C13H10FNO. The summed E-state index contributed by atoms with van der Waals surface area (Å²) in [6.07, 6.45) is 2.21. The fourth-order valence-electron chi connectivity index (χ4n) is 1.50. The molecule has 0 fully saturated rings. The number of halogens is 1. The van der Waals surface area contributed by atoms with Crippen molar-refractivity contribution in [2.45, 2.75) is 6.92 Å². The lowest BCUT2D eigenvalue weighted by Gasteiger charge is -2.05. The molecule has 2 rings (SSSR count). The summed E-state index contributed by atoms with van der Waals surface area (Å²) in [4.78, 5) is 14.6. The standard InChI is InChI=1S/C13H10FNO/c1-9-2-4-11(14)6-12(9)13-5-3-10(8-16)7-15-13/h2-8H,1H3. The van der Waals surface area contributed by atoms with Gasteiger partial charge in [0.1, 0.15) is 5.82 Å². The molecule has 1 aromatic carbocycles. The van der Waals surface area contributed by atoms with Crippen molar-refractivity contribution in [3.63, 3.8) is 0 Å². The predicted octanol–water partition coefficient (Wildman–Crippen LogP) is 3.01. The maximum Gasteiger partial charge on any atom is 0.151 e. The van der Waals surface area contributed by atoms with E-state index in [1.54, 1.807) is 18.2 Å². The van der Waals surface area contributed by atoms with Gasteiger partial charge >= 0.3 is 0 Å². The highest BCUT2D eigenvalue weighted by molar-refractivity contribution is 5.75. The molecule has 0 atom stereocenters. The number of hydrogen-bond donors (Lipinski definition) is 0. The first kappa shape index (κ1) is 10.5. The smallest absolute Gasteiger partial charge is 0.151 e. The van der Waals surface area contributed by atoms with Gasteiger partial charge in [0.2, 0.25) is 0 Å². The molecule has 0 amide bonds. The van der Waals surface area contributed by atoms with Crippen LogP contribution >= 0.6 is 0 Å². The van der Waals surface area contributed by atoms with E-state index >= 15 is 0 Å². The Morgan fingerprint density at radius 2 is 2.06 bits per heavy atom. The molecule has 3 heteroatoms. The molecule has 1 heterocycles. The van der Waals surface area contributed by atoms with Gasteiger partial charge < -0.3 is 0 Å². The van der Waals surface area contributed by atoms with Gasteiger partial charge in [0.15, 0.2) is 6.29 Å². The monoisotopic (exact) mass is 215 g/mol. The van der Waals surface area contributed by atoms with E-state index in [0.29, 0.717) is 11.3 Å². The fraction of sp³-hybridized carbons (Fsp3) is 0.0769. The number of aldehydes is 1. The minimum atomic E-state index is -0.290. The highest BCUT2D eigenvalue weighted by atomic mass is 19.1. The Hall–Kier alpha value is -2.03. The van der Waals surface area contributed by atoms with Crippen LogP contribution in [0.2, 0.25) is 0 Å². The van der Waals surface area contributed by atoms with Crippen molar-refractivity contribution in [3.8, 4) is 11.3 Å². The van der Waals surface area contributed by atoms with Gasteiger partial charge in [0, 0.05) is 17.3 Å². The second kappa shape index (κ2) is 4.23. The van der Waals surface area contributed by atoms with Crippen LogP contribution < -0.4 is 0 Å². The molecule has 0 aliphatic rings. The average molecular weight is 215 g/mol. The molecule has 0 aliphatic heterocycles. The van der Waals surface area contributed by atoms with E-state index in [4.69, 9.17) is 0 Å². The van der Waals surface area contributed by atoms with Gasteiger partial charge in [-0.1, -0.05) is 6.07 Å². The Balaban J connectivity index is 2.49. The van der Waals surface area contributed by atoms with E-state index < -0.39 is 0 Å². The van der Waals surface area contributed by atoms with E-state index in [-0.39, 0.29) is 5.82 Å². The summed E-state index contributed by atoms with van der Waals surface area (Å²) in [6.45, 7) is 1.89. The number of benzene rings is 1. The third-order valence-corrected chi connectivity index (χ3v) is 2.40. The Bertz CT molecular complexity index is 520. The van der Waals surface area contributed by atoms with Crippen LogP contribution in [0.25, 0.3) is 11.3 Å². The molecule has 1 aromatic heterocycles. The lowest BCUT2D eigenvalue weighted by Crippen LogP contribution is -1.90. The van der Waals surface area contributed by atoms with Crippen molar-refractivity contribution >= 4 is 6.29 Å². The van der Waals surface area contributed by atoms with Crippen molar-refractivity contribution in [1.29, 1.82) is 0 Å². The second-order valence-corrected chi connectivity index (χ2v) is 3.55. The van der Waals surface area contributed by atoms with Gasteiger partial charge in [-0.2, -0.15) is 0 Å². The lowest BCUT2D eigenvalue weighted by atomic mass is 10.0. The molecule has 0 bridgehead atoms. The van der Waals surface area contributed by atoms with Crippen LogP contribution in [0.15, 0.2) is 36.5 Å². The molecule has 0 radical (unpaired) electrons. The summed E-state index contributed by atoms with van der Waals surface area (Å²) in [5.74, 6) is -0.290. The third kappa shape index (κ3) is 1.98. The van der Waals surface area contributed by atoms with Gasteiger partial charge in [-0.25, -0.2) is 4.39 Å². The third-order valence-electron chi connectivity index (χ3n) is 2.40. The van der Waals surface area contributed by atoms with E-state index in [1.807, 2.05) is 6.92 Å². The first-order chi connectivity index (χ1) is 7.70. The number of aromatic nitrogens is 1. The van der Waals surface area contributed by atoms with Crippen LogP contribution in [0, 0.1) is 12.7 Å². The largest absolute Gasteiger partial charge is 0.298 e. The molecule has 0 saturated carbocycles. The van der Waals surface area contributed by atoms with Crippen LogP contribution in [0.5, 0.6) is 0 Å². The molecule has 2 aromatic rings. The fourth-order valence-corrected chi connectivity index (χ4v) is 1.50. The van der Waals surface area contributed by atoms with Gasteiger partial charge in [-0.15, -0.1) is 0 Å². The topological polar surface area (TPSA) is 30.0 Å². The number of rotatable bonds is 2. The lowest BCUT2D eigenvalue weighted by molar-refractivity contribution is 0.112. The molecule has 0 unspecified atom stereocenters. The number of pyridine rings is 1. The molecule has 2 nitrogen and oxygen atoms in total. The summed E-state index contributed by atoms with van der Waals surface area (Å²) in [6, 6.07) is 7.95. The molecular weight excluding hydrogens is 205 g/mol. The summed E-state index contributed by atoms with van der Waals surface area (Å²) in [7, 11) is 0. The van der Waals surface area contributed by atoms with Crippen LogP contribution in [-0.4, -0.2) is 11.3 Å². The summed E-state index contributed by atoms with van der Waals surface area (Å²) < 4.78 is 13.1. The van der Waals surface area contributed by atoms with Crippen molar-refractivity contribution in [1.82, 2.24) is 4.98 Å². The number of nitrogens with zero attached hydrogens (tertiary/aromatic N) is 1. The molecule has 16 heavy (non-hydrogen) atoms. The highest BCUT2D eigenvalue weighted by Gasteiger charge is 2.04. The number of hydrogen-bond acceptors (Lipinski definition) is 2. The Kier molecular flexibility index (Phi) is 2.77. The van der Waals surface area contributed by atoms with Crippen molar-refractivity contribution in [2.75, 3.05) is 0 Å². The van der Waals surface area contributed by atoms with Crippen LogP contribution in [0.3, 0.4) is 0 Å². The zero-order valence-electron chi connectivity index (χ0n) is 8.77. The van der Waals surface area contributed by atoms with Crippen molar-refractivity contribution in [2.24, 2.45) is 0 Å². The second-order valence-electron chi connectivity index (χ2n) is 3.55. The zero-order chi connectivity index (χ0) is 11.5. The molecule has 0 saturated heterocycles. The van der Waals surface area contributed by atoms with Gasteiger partial charge in [-0.3, -0.25) is 9.78 Å². The summed E-state index contributed by atoms with van der Waals surface area (Å²) in [5, 5.41) is 0. The van der Waals surface area contributed by atoms with Gasteiger partial charge in [0.05, 0.1) is 5.69 Å². The molecule has 80 valence electrons. The van der Waals surface area contributed by atoms with E-state index in [0.717, 1.165) is 17.4 Å². The highest BCUT2D eigenvalue weighted by Crippen LogP contribution is 2.22. The first-order valence-corrected chi connectivity index (χ1v) is 4.88. The Morgan fingerprint density at radius 1 is 1.25 bits per heavy atom. The first-order valence-electron chi connectivity index (χ1n) is 4.88. The van der Waals surface area contributed by atoms with Crippen LogP contribution in [-0.2, 0) is 0 Å². The normalized spacial score (nSPS) is 10.1. The van der Waals surface area contributed by atoms with E-state index in [1.165, 1.54) is 18.3 Å². The number of aryl methyl sites for hydroxylation is 1. The Morgan fingerprint density at radius 3 is 2.69 bits per heavy atom. The maximum absolute atomic E-state index is 13.1. The summed E-state index contributed by atoms with van der Waals surface area (Å²) in [5.41, 5.74) is 2.88. The zero-order valence-corrected chi connectivity index (χ0v) is 8.77. The Labute approximate surface area is 92.8 Å². The number of carbonyl (C=O) groups excluding carboxylic acids is 1. The summed E-state index contributed by atoms with van der Waals surface area (Å²) >= 11 is 0. The molecule has 0 spiro atoms. The van der Waals surface area contributed by atoms with Crippen LogP contribution in [0.1, 0.15) is 15.9 Å². The SMILES string of the molecule is Cc1ccc(F)cc1-c1ccc(C=O)cn1. The van der Waals surface area contributed by atoms with E-state index in [9.17, 15) is 9.18 Å². The predicted molar refractivity (Wildman–Crippen MR) is 59.8 cm³/mol. The average Bonchev–Trinajstić information content (AvgIpc) is 2.32. The van der Waals surface area contributed by atoms with Crippen molar-refractivity contribution in [3.05, 3.63) is 53.5 Å².